The summed E-state index contributed by atoms with van der Waals surface area (Å²) in [6.07, 6.45) is 0. The summed E-state index contributed by atoms with van der Waals surface area (Å²) in [4.78, 5) is 12.4. The van der Waals surface area contributed by atoms with Gasteiger partial charge in [-0.15, -0.1) is 0 Å². The summed E-state index contributed by atoms with van der Waals surface area (Å²) in [5.74, 6) is -0.935. The lowest BCUT2D eigenvalue weighted by atomic mass is 10.2. The molecule has 0 bridgehead atoms. The average molecular weight is 458 g/mol. The van der Waals surface area contributed by atoms with Crippen molar-refractivity contribution in [3.63, 3.8) is 0 Å². The standard InChI is InChI=1S/C21H14BrF2N3O2/c22-13-6-4-12(5-7-13)21(28)25-20-15-10-14(8-9-19(15)26-27-20)29-11-16-17(23)2-1-3-18(16)24/h1-10H,11H2,(H2,25,26,27,28). The second kappa shape index (κ2) is 8.00. The van der Waals surface area contributed by atoms with Gasteiger partial charge in [-0.25, -0.2) is 8.78 Å². The van der Waals surface area contributed by atoms with Crippen LogP contribution in [0.4, 0.5) is 14.6 Å². The van der Waals surface area contributed by atoms with Crippen molar-refractivity contribution >= 4 is 38.6 Å². The number of fused-ring (bicyclic) bond motifs is 1. The number of aromatic amines is 1. The second-order valence-electron chi connectivity index (χ2n) is 6.23. The molecule has 3 aromatic carbocycles. The molecule has 4 aromatic rings. The van der Waals surface area contributed by atoms with Crippen LogP contribution >= 0.6 is 15.9 Å². The van der Waals surface area contributed by atoms with Gasteiger partial charge in [0.2, 0.25) is 0 Å². The monoisotopic (exact) mass is 457 g/mol. The molecule has 29 heavy (non-hydrogen) atoms. The van der Waals surface area contributed by atoms with Gasteiger partial charge in [0.25, 0.3) is 5.91 Å². The number of benzene rings is 3. The third kappa shape index (κ3) is 4.12. The maximum atomic E-state index is 13.8. The van der Waals surface area contributed by atoms with E-state index in [-0.39, 0.29) is 18.1 Å². The maximum absolute atomic E-state index is 13.8. The molecule has 0 radical (unpaired) electrons. The fraction of sp³-hybridized carbons (Fsp3) is 0.0476. The van der Waals surface area contributed by atoms with Gasteiger partial charge < -0.3 is 10.1 Å². The lowest BCUT2D eigenvalue weighted by Gasteiger charge is -2.08. The van der Waals surface area contributed by atoms with Crippen LogP contribution < -0.4 is 10.1 Å². The molecule has 0 spiro atoms. The van der Waals surface area contributed by atoms with Gasteiger partial charge in [0, 0.05) is 15.4 Å². The minimum atomic E-state index is -0.670. The van der Waals surface area contributed by atoms with Crippen molar-refractivity contribution in [1.82, 2.24) is 10.2 Å². The number of hydrogen-bond donors (Lipinski definition) is 2. The van der Waals surface area contributed by atoms with Crippen molar-refractivity contribution in [2.45, 2.75) is 6.61 Å². The first-order valence-electron chi connectivity index (χ1n) is 8.62. The van der Waals surface area contributed by atoms with E-state index in [4.69, 9.17) is 4.74 Å². The van der Waals surface area contributed by atoms with E-state index in [1.54, 1.807) is 42.5 Å². The smallest absolute Gasteiger partial charge is 0.256 e. The fourth-order valence-electron chi connectivity index (χ4n) is 2.78. The van der Waals surface area contributed by atoms with Crippen molar-refractivity contribution in [3.05, 3.63) is 87.9 Å². The number of aromatic nitrogens is 2. The molecule has 1 aromatic heterocycles. The molecule has 0 aliphatic carbocycles. The summed E-state index contributed by atoms with van der Waals surface area (Å²) >= 11 is 3.33. The lowest BCUT2D eigenvalue weighted by molar-refractivity contribution is 0.102. The molecule has 1 amide bonds. The van der Waals surface area contributed by atoms with Crippen LogP contribution in [0, 0.1) is 11.6 Å². The molecular weight excluding hydrogens is 444 g/mol. The number of amides is 1. The molecule has 8 heteroatoms. The van der Waals surface area contributed by atoms with E-state index >= 15 is 0 Å². The van der Waals surface area contributed by atoms with Gasteiger partial charge >= 0.3 is 0 Å². The van der Waals surface area contributed by atoms with Gasteiger partial charge in [-0.1, -0.05) is 22.0 Å². The topological polar surface area (TPSA) is 67.0 Å². The summed E-state index contributed by atoms with van der Waals surface area (Å²) < 4.78 is 33.9. The quantitative estimate of drug-likeness (QED) is 0.419. The molecule has 1 heterocycles. The van der Waals surface area contributed by atoms with Gasteiger partial charge in [-0.05, 0) is 54.6 Å². The molecule has 0 aliphatic rings. The number of carbonyl (C=O) groups is 1. The Balaban J connectivity index is 1.54. The van der Waals surface area contributed by atoms with E-state index in [1.807, 2.05) is 0 Å². The van der Waals surface area contributed by atoms with Crippen LogP contribution in [0.5, 0.6) is 5.75 Å². The maximum Gasteiger partial charge on any atom is 0.256 e. The van der Waals surface area contributed by atoms with Crippen molar-refractivity contribution in [2.75, 3.05) is 5.32 Å². The Labute approximate surface area is 172 Å². The number of ether oxygens (including phenoxy) is 1. The molecule has 0 unspecified atom stereocenters. The Morgan fingerprint density at radius 1 is 1.07 bits per heavy atom. The summed E-state index contributed by atoms with van der Waals surface area (Å²) in [6, 6.07) is 15.6. The number of nitrogens with one attached hydrogen (secondary N) is 2. The van der Waals surface area contributed by atoms with Crippen molar-refractivity contribution in [2.24, 2.45) is 0 Å². The van der Waals surface area contributed by atoms with Crippen LogP contribution in [0.2, 0.25) is 0 Å². The Bertz CT molecular complexity index is 1170. The number of halogens is 3. The summed E-state index contributed by atoms with van der Waals surface area (Å²) in [5, 5.41) is 10.3. The highest BCUT2D eigenvalue weighted by atomic mass is 79.9. The van der Waals surface area contributed by atoms with E-state index in [9.17, 15) is 13.6 Å². The summed E-state index contributed by atoms with van der Waals surface area (Å²) in [5.41, 5.74) is 1.01. The molecule has 0 saturated heterocycles. The first-order chi connectivity index (χ1) is 14.0. The number of H-pyrrole nitrogens is 1. The lowest BCUT2D eigenvalue weighted by Crippen LogP contribution is -2.12. The number of rotatable bonds is 5. The molecule has 0 aliphatic heterocycles. The molecule has 5 nitrogen and oxygen atoms in total. The van der Waals surface area contributed by atoms with Gasteiger partial charge in [-0.2, -0.15) is 5.10 Å². The number of anilines is 1. The highest BCUT2D eigenvalue weighted by Crippen LogP contribution is 2.27. The number of hydrogen-bond acceptors (Lipinski definition) is 3. The van der Waals surface area contributed by atoms with Crippen LogP contribution in [-0.4, -0.2) is 16.1 Å². The average Bonchev–Trinajstić information content (AvgIpc) is 3.10. The molecule has 0 atom stereocenters. The van der Waals surface area contributed by atoms with Crippen molar-refractivity contribution < 1.29 is 18.3 Å². The van der Waals surface area contributed by atoms with E-state index in [2.05, 4.69) is 31.4 Å². The van der Waals surface area contributed by atoms with E-state index in [1.165, 1.54) is 18.2 Å². The Hall–Kier alpha value is -3.26. The fourth-order valence-corrected chi connectivity index (χ4v) is 3.05. The predicted octanol–water partition coefficient (Wildman–Crippen LogP) is 5.43. The van der Waals surface area contributed by atoms with Gasteiger partial charge in [0.1, 0.15) is 24.0 Å². The first kappa shape index (κ1) is 19.1. The van der Waals surface area contributed by atoms with Crippen LogP contribution in [-0.2, 0) is 6.61 Å². The van der Waals surface area contributed by atoms with Crippen LogP contribution in [0.15, 0.2) is 65.1 Å². The highest BCUT2D eigenvalue weighted by molar-refractivity contribution is 9.10. The molecular formula is C21H14BrF2N3O2. The predicted molar refractivity (Wildman–Crippen MR) is 109 cm³/mol. The molecule has 4 rings (SSSR count). The minimum absolute atomic E-state index is 0.149. The van der Waals surface area contributed by atoms with Crippen LogP contribution in [0.3, 0.4) is 0 Å². The van der Waals surface area contributed by atoms with E-state index in [0.717, 1.165) is 4.47 Å². The zero-order valence-electron chi connectivity index (χ0n) is 14.9. The van der Waals surface area contributed by atoms with Crippen LogP contribution in [0.25, 0.3) is 10.9 Å². The molecule has 2 N–H and O–H groups in total. The Morgan fingerprint density at radius 3 is 2.52 bits per heavy atom. The largest absolute Gasteiger partial charge is 0.489 e. The Morgan fingerprint density at radius 2 is 1.79 bits per heavy atom. The third-order valence-corrected chi connectivity index (χ3v) is 4.85. The molecule has 0 saturated carbocycles. The zero-order valence-corrected chi connectivity index (χ0v) is 16.5. The normalized spacial score (nSPS) is 10.9. The molecule has 0 fully saturated rings. The number of carbonyl (C=O) groups excluding carboxylic acids is 1. The molecule has 146 valence electrons. The van der Waals surface area contributed by atoms with Gasteiger partial charge in [-0.3, -0.25) is 9.89 Å². The van der Waals surface area contributed by atoms with Gasteiger partial charge in [0.05, 0.1) is 11.1 Å². The first-order valence-corrected chi connectivity index (χ1v) is 9.41. The number of nitrogens with zero attached hydrogens (tertiary/aromatic N) is 1. The summed E-state index contributed by atoms with van der Waals surface area (Å²) in [7, 11) is 0. The second-order valence-corrected chi connectivity index (χ2v) is 7.15. The SMILES string of the molecule is O=C(Nc1n[nH]c2ccc(OCc3c(F)cccc3F)cc12)c1ccc(Br)cc1. The Kier molecular flexibility index (Phi) is 5.26. The zero-order chi connectivity index (χ0) is 20.4. The van der Waals surface area contributed by atoms with Crippen molar-refractivity contribution in [3.8, 4) is 5.75 Å². The van der Waals surface area contributed by atoms with E-state index in [0.29, 0.717) is 28.0 Å². The van der Waals surface area contributed by atoms with Gasteiger partial charge in [0.15, 0.2) is 5.82 Å². The van der Waals surface area contributed by atoms with Crippen LogP contribution in [0.1, 0.15) is 15.9 Å². The van der Waals surface area contributed by atoms with Crippen molar-refractivity contribution in [1.29, 1.82) is 0 Å². The highest BCUT2D eigenvalue weighted by Gasteiger charge is 2.13. The van der Waals surface area contributed by atoms with E-state index < -0.39 is 11.6 Å². The third-order valence-electron chi connectivity index (χ3n) is 4.32. The summed E-state index contributed by atoms with van der Waals surface area (Å²) in [6.45, 7) is -0.261. The minimum Gasteiger partial charge on any atom is -0.489 e.